The number of hydrogen-bond acceptors (Lipinski definition) is 7. The van der Waals surface area contributed by atoms with Crippen LogP contribution in [0.4, 0.5) is 4.79 Å². The van der Waals surface area contributed by atoms with E-state index in [1.165, 1.54) is 88.8 Å². The molecule has 46 heavy (non-hydrogen) atoms. The Hall–Kier alpha value is -1.85. The van der Waals surface area contributed by atoms with Crippen molar-refractivity contribution in [3.63, 3.8) is 0 Å². The van der Waals surface area contributed by atoms with Crippen LogP contribution in [0.5, 0.6) is 0 Å². The summed E-state index contributed by atoms with van der Waals surface area (Å²) in [7, 11) is 0. The topological polar surface area (TPSA) is 148 Å². The van der Waals surface area contributed by atoms with Crippen LogP contribution < -0.4 is 16.1 Å². The van der Waals surface area contributed by atoms with Gasteiger partial charge in [0.05, 0.1) is 18.2 Å². The third-order valence-corrected chi connectivity index (χ3v) is 9.96. The summed E-state index contributed by atoms with van der Waals surface area (Å²) in [5, 5.41) is 26.2. The average molecular weight is 671 g/mol. The lowest BCUT2D eigenvalue weighted by molar-refractivity contribution is -0.123. The molecule has 0 saturated heterocycles. The lowest BCUT2D eigenvalue weighted by Crippen LogP contribution is -2.56. The zero-order chi connectivity index (χ0) is 33.9. The van der Waals surface area contributed by atoms with Crippen LogP contribution in [0, 0.1) is 0 Å². The summed E-state index contributed by atoms with van der Waals surface area (Å²) in [5.41, 5.74) is 2.14. The molecule has 10 nitrogen and oxygen atoms in total. The number of unbranched alkanes of at least 4 members (excludes halogenated alkanes) is 16. The van der Waals surface area contributed by atoms with Gasteiger partial charge in [-0.2, -0.15) is 11.8 Å². The number of aldehydes is 1. The van der Waals surface area contributed by atoms with E-state index >= 15 is 0 Å². The molecule has 0 aliphatic heterocycles. The summed E-state index contributed by atoms with van der Waals surface area (Å²) in [5.74, 6) is 0.518. The van der Waals surface area contributed by atoms with Gasteiger partial charge in [0.25, 0.3) is 0 Å². The predicted molar refractivity (Wildman–Crippen MR) is 188 cm³/mol. The number of aliphatic hydroxyl groups is 1. The highest BCUT2D eigenvalue weighted by Gasteiger charge is 2.45. The van der Waals surface area contributed by atoms with Gasteiger partial charge in [-0.3, -0.25) is 9.59 Å². The van der Waals surface area contributed by atoms with Gasteiger partial charge in [0, 0.05) is 30.9 Å². The zero-order valence-electron chi connectivity index (χ0n) is 29.0. The number of carbonyl (C=O) groups is 4. The second-order valence-corrected chi connectivity index (χ2v) is 14.2. The number of thioether (sulfide) groups is 1. The lowest BCUT2D eigenvalue weighted by atomic mass is 10.1. The Morgan fingerprint density at radius 3 is 1.67 bits per heavy atom. The molecule has 1 rings (SSSR count). The van der Waals surface area contributed by atoms with E-state index in [2.05, 4.69) is 29.9 Å². The van der Waals surface area contributed by atoms with Crippen molar-refractivity contribution in [1.29, 1.82) is 0 Å². The zero-order valence-corrected chi connectivity index (χ0v) is 29.8. The molecular formula is C35H66N4O6S. The van der Waals surface area contributed by atoms with E-state index in [4.69, 9.17) is 0 Å². The molecule has 3 amide bonds. The predicted octanol–water partition coefficient (Wildman–Crippen LogP) is 6.74. The fourth-order valence-corrected chi connectivity index (χ4v) is 6.55. The van der Waals surface area contributed by atoms with Crippen molar-refractivity contribution in [3.8, 4) is 0 Å². The number of hydrogen-bond donors (Lipinski definition) is 5. The number of hydrazine groups is 1. The molecule has 0 spiro atoms. The molecule has 1 saturated carbocycles. The molecular weight excluding hydrogens is 604 g/mol. The lowest BCUT2D eigenvalue weighted by Gasteiger charge is -2.30. The van der Waals surface area contributed by atoms with Crippen LogP contribution >= 0.6 is 11.8 Å². The normalized spacial score (nSPS) is 14.8. The maximum Gasteiger partial charge on any atom is 0.422 e. The number of carbonyl (C=O) groups excluding carboxylic acids is 3. The number of carboxylic acid groups (broad SMARTS) is 1. The summed E-state index contributed by atoms with van der Waals surface area (Å²) in [6.45, 7) is 4.52. The van der Waals surface area contributed by atoms with E-state index in [1.807, 2.05) is 0 Å². The Bertz CT molecular complexity index is 829. The number of amides is 3. The average Bonchev–Trinajstić information content (AvgIpc) is 3.83. The minimum absolute atomic E-state index is 0.0307. The number of nitrogens with one attached hydrogen (secondary N) is 3. The monoisotopic (exact) mass is 670 g/mol. The second-order valence-electron chi connectivity index (χ2n) is 13.2. The number of aliphatic hydroxyl groups excluding tert-OH is 1. The van der Waals surface area contributed by atoms with Crippen molar-refractivity contribution in [2.45, 2.75) is 173 Å². The molecule has 5 N–H and O–H groups in total. The fraction of sp³-hybridized carbons (Fsp3) is 0.886. The third-order valence-electron chi connectivity index (χ3n) is 8.74. The van der Waals surface area contributed by atoms with Gasteiger partial charge in [0.15, 0.2) is 0 Å². The van der Waals surface area contributed by atoms with Crippen molar-refractivity contribution in [3.05, 3.63) is 0 Å². The smallest absolute Gasteiger partial charge is 0.422 e. The van der Waals surface area contributed by atoms with E-state index in [-0.39, 0.29) is 36.8 Å². The standard InChI is InChI=1S/C35H66N4O6S/c1-3-5-7-9-11-13-15-17-19-21-32(42)36-25-30(37-33(43)22-20-18-16-14-12-10-8-6-4-2)27-46-28-31(26-40)39(34(44)45)38-35(29-41)23-24-35/h26,30-31,38,41H,3-25,27-29H2,1-2H3,(H,36,42)(H,37,43)(H,44,45)/t30-,31-/m1/s1. The van der Waals surface area contributed by atoms with Crippen LogP contribution in [0.15, 0.2) is 0 Å². The first-order valence-electron chi connectivity index (χ1n) is 18.3. The Kier molecular flexibility index (Phi) is 24.9. The van der Waals surface area contributed by atoms with E-state index in [1.54, 1.807) is 0 Å². The minimum Gasteiger partial charge on any atom is -0.464 e. The summed E-state index contributed by atoms with van der Waals surface area (Å²) < 4.78 is 0. The van der Waals surface area contributed by atoms with Gasteiger partial charge in [-0.05, 0) is 25.7 Å². The van der Waals surface area contributed by atoms with Crippen LogP contribution in [0.1, 0.15) is 155 Å². The molecule has 268 valence electrons. The Morgan fingerprint density at radius 2 is 1.24 bits per heavy atom. The number of nitrogens with zero attached hydrogens (tertiary/aromatic N) is 1. The van der Waals surface area contributed by atoms with Crippen LogP contribution in [0.2, 0.25) is 0 Å². The Balaban J connectivity index is 2.51. The van der Waals surface area contributed by atoms with Crippen molar-refractivity contribution >= 4 is 36.0 Å². The SMILES string of the molecule is CCCCCCCCCCCC(=O)NC[C@H](CSC[C@@H](C=O)N(NC1(CO)CC1)C(=O)O)NC(=O)CCCCCCCCCCC. The van der Waals surface area contributed by atoms with Gasteiger partial charge in [0.2, 0.25) is 11.8 Å². The van der Waals surface area contributed by atoms with Crippen molar-refractivity contribution in [2.24, 2.45) is 0 Å². The first-order chi connectivity index (χ1) is 22.3. The van der Waals surface area contributed by atoms with Crippen molar-refractivity contribution in [1.82, 2.24) is 21.1 Å². The third kappa shape index (κ3) is 21.1. The fourth-order valence-electron chi connectivity index (χ4n) is 5.46. The molecule has 1 aliphatic carbocycles. The summed E-state index contributed by atoms with van der Waals surface area (Å²) in [4.78, 5) is 49.1. The molecule has 0 bridgehead atoms. The molecule has 1 aliphatic rings. The summed E-state index contributed by atoms with van der Waals surface area (Å²) >= 11 is 1.36. The van der Waals surface area contributed by atoms with Crippen LogP contribution in [0.25, 0.3) is 0 Å². The van der Waals surface area contributed by atoms with E-state index < -0.39 is 17.7 Å². The maximum atomic E-state index is 12.8. The maximum absolute atomic E-state index is 12.8. The largest absolute Gasteiger partial charge is 0.464 e. The quantitative estimate of drug-likeness (QED) is 0.0300. The van der Waals surface area contributed by atoms with Crippen LogP contribution in [-0.2, 0) is 14.4 Å². The molecule has 1 fully saturated rings. The second kappa shape index (κ2) is 27.1. The van der Waals surface area contributed by atoms with Crippen molar-refractivity contribution < 1.29 is 29.4 Å². The first kappa shape index (κ1) is 42.2. The van der Waals surface area contributed by atoms with Gasteiger partial charge >= 0.3 is 6.09 Å². The van der Waals surface area contributed by atoms with Gasteiger partial charge in [-0.25, -0.2) is 15.2 Å². The highest BCUT2D eigenvalue weighted by molar-refractivity contribution is 7.99. The molecule has 2 atom stereocenters. The highest BCUT2D eigenvalue weighted by atomic mass is 32.2. The Labute approximate surface area is 283 Å². The summed E-state index contributed by atoms with van der Waals surface area (Å²) in [6, 6.07) is -1.29. The van der Waals surface area contributed by atoms with Gasteiger partial charge in [-0.15, -0.1) is 0 Å². The van der Waals surface area contributed by atoms with Crippen LogP contribution in [0.3, 0.4) is 0 Å². The molecule has 0 aromatic heterocycles. The van der Waals surface area contributed by atoms with Gasteiger partial charge in [-0.1, -0.05) is 117 Å². The molecule has 0 aromatic carbocycles. The highest BCUT2D eigenvalue weighted by Crippen LogP contribution is 2.35. The first-order valence-corrected chi connectivity index (χ1v) is 19.5. The molecule has 0 aromatic rings. The minimum atomic E-state index is -1.29. The summed E-state index contributed by atoms with van der Waals surface area (Å²) in [6.07, 6.45) is 22.7. The molecule has 11 heteroatoms. The molecule has 0 radical (unpaired) electrons. The van der Waals surface area contributed by atoms with Gasteiger partial charge in [0.1, 0.15) is 12.3 Å². The number of rotatable bonds is 32. The van der Waals surface area contributed by atoms with Crippen molar-refractivity contribution in [2.75, 3.05) is 24.7 Å². The van der Waals surface area contributed by atoms with E-state index in [9.17, 15) is 29.4 Å². The van der Waals surface area contributed by atoms with E-state index in [0.717, 1.165) is 43.5 Å². The van der Waals surface area contributed by atoms with Crippen LogP contribution in [-0.4, -0.2) is 81.7 Å². The molecule has 0 unspecified atom stereocenters. The Morgan fingerprint density at radius 1 is 0.761 bits per heavy atom. The van der Waals surface area contributed by atoms with Gasteiger partial charge < -0.3 is 25.6 Å². The van der Waals surface area contributed by atoms with E-state index in [0.29, 0.717) is 37.7 Å². The molecule has 0 heterocycles.